The van der Waals surface area contributed by atoms with Crippen molar-refractivity contribution in [2.24, 2.45) is 0 Å². The largest absolute Gasteiger partial charge is 0.321 e. The highest BCUT2D eigenvalue weighted by atomic mass is 35.5. The van der Waals surface area contributed by atoms with Crippen LogP contribution in [-0.4, -0.2) is 8.91 Å². The van der Waals surface area contributed by atoms with E-state index in [9.17, 15) is 0 Å². The van der Waals surface area contributed by atoms with E-state index in [4.69, 9.17) is 46.4 Å². The van der Waals surface area contributed by atoms with Gasteiger partial charge in [0.05, 0.1) is 11.4 Å². The molecule has 2 fully saturated rings. The van der Waals surface area contributed by atoms with E-state index >= 15 is 0 Å². The third-order valence-corrected chi connectivity index (χ3v) is 8.52. The SMILES string of the molecule is ClC1(Cl)N2c3ccccc3N3C(Cl)(Cl)[C@]3(c3ccccc3)C[C@]21c1ccccc1. The normalized spacial score (nSPS) is 29.9. The number of rotatable bonds is 2. The van der Waals surface area contributed by atoms with Crippen molar-refractivity contribution in [1.29, 1.82) is 0 Å². The van der Waals surface area contributed by atoms with Crippen molar-refractivity contribution in [3.05, 3.63) is 96.1 Å². The molecule has 0 bridgehead atoms. The zero-order valence-corrected chi connectivity index (χ0v) is 18.2. The van der Waals surface area contributed by atoms with E-state index in [-0.39, 0.29) is 0 Å². The maximum Gasteiger partial charge on any atom is 0.219 e. The summed E-state index contributed by atoms with van der Waals surface area (Å²) in [6.45, 7) is 0. The molecule has 2 saturated heterocycles. The molecule has 2 atom stereocenters. The number of nitrogens with zero attached hydrogens (tertiary/aromatic N) is 2. The van der Waals surface area contributed by atoms with Crippen LogP contribution < -0.4 is 9.80 Å². The highest BCUT2D eigenvalue weighted by Crippen LogP contribution is 2.80. The molecule has 2 nitrogen and oxygen atoms in total. The molecule has 0 radical (unpaired) electrons. The van der Waals surface area contributed by atoms with Gasteiger partial charge in [0.25, 0.3) is 0 Å². The molecule has 0 amide bonds. The molecule has 3 aromatic carbocycles. The molecular formula is C23H16Cl4N2. The minimum absolute atomic E-state index is 0.558. The Kier molecular flexibility index (Phi) is 3.49. The predicted octanol–water partition coefficient (Wildman–Crippen LogP) is 6.78. The van der Waals surface area contributed by atoms with Crippen molar-refractivity contribution in [3.8, 4) is 0 Å². The number of hydrogen-bond donors (Lipinski definition) is 0. The minimum Gasteiger partial charge on any atom is -0.321 e. The van der Waals surface area contributed by atoms with Gasteiger partial charge in [-0.3, -0.25) is 0 Å². The van der Waals surface area contributed by atoms with Gasteiger partial charge >= 0.3 is 0 Å². The van der Waals surface area contributed by atoms with Crippen molar-refractivity contribution in [3.63, 3.8) is 0 Å². The fourth-order valence-electron chi connectivity index (χ4n) is 5.23. The first kappa shape index (κ1) is 18.2. The standard InChI is InChI=1S/C23H16Cl4N2/c24-22(25)20(16-9-3-1-4-10-16)15-21(17-11-5-2-6-12-17)23(26,27)29(21)19-14-8-7-13-18(19)28(20)22/h1-14H,15H2/t20-,21-,28?,29?/m1/s1. The van der Waals surface area contributed by atoms with Gasteiger partial charge in [-0.05, 0) is 23.3 Å². The Hall–Kier alpha value is -1.58. The average molecular weight is 462 g/mol. The van der Waals surface area contributed by atoms with Crippen LogP contribution in [-0.2, 0) is 11.1 Å². The number of benzene rings is 3. The van der Waals surface area contributed by atoms with Crippen molar-refractivity contribution in [2.75, 3.05) is 9.80 Å². The van der Waals surface area contributed by atoms with E-state index in [1.807, 2.05) is 60.7 Å². The van der Waals surface area contributed by atoms with Gasteiger partial charge in [0.1, 0.15) is 11.1 Å². The van der Waals surface area contributed by atoms with Crippen molar-refractivity contribution in [2.45, 2.75) is 26.4 Å². The van der Waals surface area contributed by atoms with Crippen LogP contribution in [0.5, 0.6) is 0 Å². The Labute approximate surface area is 189 Å². The molecule has 0 N–H and O–H groups in total. The van der Waals surface area contributed by atoms with Gasteiger partial charge < -0.3 is 9.80 Å². The Morgan fingerprint density at radius 2 is 0.862 bits per heavy atom. The summed E-state index contributed by atoms with van der Waals surface area (Å²) in [6.07, 6.45) is 0.558. The van der Waals surface area contributed by atoms with Crippen molar-refractivity contribution < 1.29 is 0 Å². The molecule has 0 spiro atoms. The maximum atomic E-state index is 7.02. The van der Waals surface area contributed by atoms with Gasteiger partial charge in [0.2, 0.25) is 8.91 Å². The third kappa shape index (κ3) is 1.97. The Balaban J connectivity index is 1.67. The van der Waals surface area contributed by atoms with Crippen LogP contribution in [0.25, 0.3) is 0 Å². The molecule has 29 heavy (non-hydrogen) atoms. The van der Waals surface area contributed by atoms with Crippen LogP contribution in [0, 0.1) is 0 Å². The second-order valence-electron chi connectivity index (χ2n) is 7.87. The van der Waals surface area contributed by atoms with Crippen LogP contribution in [0.2, 0.25) is 0 Å². The number of hydrogen-bond acceptors (Lipinski definition) is 2. The molecule has 3 aliphatic rings. The van der Waals surface area contributed by atoms with E-state index in [1.165, 1.54) is 0 Å². The Bertz CT molecular complexity index is 1030. The van der Waals surface area contributed by atoms with Gasteiger partial charge in [-0.1, -0.05) is 119 Å². The fourth-order valence-corrected chi connectivity index (χ4v) is 7.04. The molecular weight excluding hydrogens is 446 g/mol. The summed E-state index contributed by atoms with van der Waals surface area (Å²) in [6, 6.07) is 28.3. The molecule has 3 aliphatic heterocycles. The molecule has 6 heteroatoms. The molecule has 6 rings (SSSR count). The van der Waals surface area contributed by atoms with Crippen molar-refractivity contribution >= 4 is 57.8 Å². The first-order valence-electron chi connectivity index (χ1n) is 9.45. The predicted molar refractivity (Wildman–Crippen MR) is 121 cm³/mol. The molecule has 0 unspecified atom stereocenters. The van der Waals surface area contributed by atoms with Gasteiger partial charge in [0.15, 0.2) is 0 Å². The lowest BCUT2D eigenvalue weighted by molar-refractivity contribution is 0.501. The van der Waals surface area contributed by atoms with Gasteiger partial charge in [-0.2, -0.15) is 0 Å². The lowest BCUT2D eigenvalue weighted by Gasteiger charge is -2.24. The summed E-state index contributed by atoms with van der Waals surface area (Å²) >= 11 is 28.1. The maximum absolute atomic E-state index is 7.02. The lowest BCUT2D eigenvalue weighted by Crippen LogP contribution is -2.29. The highest BCUT2D eigenvalue weighted by Gasteiger charge is 2.87. The zero-order chi connectivity index (χ0) is 20.1. The topological polar surface area (TPSA) is 6.02 Å². The summed E-state index contributed by atoms with van der Waals surface area (Å²) in [5.74, 6) is 0. The average Bonchev–Trinajstić information content (AvgIpc) is 3.47. The van der Waals surface area contributed by atoms with Crippen LogP contribution in [0.3, 0.4) is 0 Å². The monoisotopic (exact) mass is 460 g/mol. The number of para-hydroxylation sites is 2. The molecule has 3 heterocycles. The second kappa shape index (κ2) is 5.56. The summed E-state index contributed by atoms with van der Waals surface area (Å²) in [5, 5.41) is 0. The van der Waals surface area contributed by atoms with E-state index in [1.54, 1.807) is 0 Å². The Morgan fingerprint density at radius 1 is 0.517 bits per heavy atom. The van der Waals surface area contributed by atoms with E-state index in [0.29, 0.717) is 6.42 Å². The summed E-state index contributed by atoms with van der Waals surface area (Å²) < 4.78 is -2.21. The summed E-state index contributed by atoms with van der Waals surface area (Å²) in [4.78, 5) is 4.18. The zero-order valence-electron chi connectivity index (χ0n) is 15.2. The number of anilines is 2. The van der Waals surface area contributed by atoms with Crippen molar-refractivity contribution in [1.82, 2.24) is 0 Å². The molecule has 0 saturated carbocycles. The Morgan fingerprint density at radius 3 is 1.24 bits per heavy atom. The van der Waals surface area contributed by atoms with Gasteiger partial charge in [-0.25, -0.2) is 0 Å². The number of alkyl halides is 4. The number of fused-ring (bicyclic) bond motifs is 5. The lowest BCUT2D eigenvalue weighted by atomic mass is 9.83. The summed E-state index contributed by atoms with van der Waals surface area (Å²) in [5.41, 5.74) is 2.67. The number of halogens is 4. The van der Waals surface area contributed by atoms with Crippen LogP contribution in [0.15, 0.2) is 84.9 Å². The fraction of sp³-hybridized carbons (Fsp3) is 0.217. The van der Waals surface area contributed by atoms with Crippen LogP contribution >= 0.6 is 46.4 Å². The third-order valence-electron chi connectivity index (χ3n) is 6.60. The minimum atomic E-state index is -1.11. The molecule has 0 aromatic heterocycles. The van der Waals surface area contributed by atoms with E-state index in [2.05, 4.69) is 34.1 Å². The van der Waals surface area contributed by atoms with E-state index < -0.39 is 20.0 Å². The van der Waals surface area contributed by atoms with Crippen LogP contribution in [0.1, 0.15) is 17.5 Å². The summed E-state index contributed by atoms with van der Waals surface area (Å²) in [7, 11) is 0. The van der Waals surface area contributed by atoms with Gasteiger partial charge in [-0.15, -0.1) is 0 Å². The molecule has 0 aliphatic carbocycles. The highest BCUT2D eigenvalue weighted by molar-refractivity contribution is 6.56. The van der Waals surface area contributed by atoms with E-state index in [0.717, 1.165) is 22.5 Å². The van der Waals surface area contributed by atoms with Gasteiger partial charge in [0, 0.05) is 6.42 Å². The second-order valence-corrected chi connectivity index (χ2v) is 10.4. The first-order valence-corrected chi connectivity index (χ1v) is 11.0. The molecule has 146 valence electrons. The quantitative estimate of drug-likeness (QED) is 0.235. The van der Waals surface area contributed by atoms with Crippen LogP contribution in [0.4, 0.5) is 11.4 Å². The smallest absolute Gasteiger partial charge is 0.219 e. The first-order chi connectivity index (χ1) is 13.9. The molecule has 3 aromatic rings.